The maximum Gasteiger partial charge on any atom is 0.119 e. The molecule has 0 saturated carbocycles. The van der Waals surface area contributed by atoms with E-state index < -0.39 is 0 Å². The quantitative estimate of drug-likeness (QED) is 0.844. The molecule has 0 aromatic heterocycles. The Labute approximate surface area is 127 Å². The van der Waals surface area contributed by atoms with Gasteiger partial charge in [-0.3, -0.25) is 0 Å². The van der Waals surface area contributed by atoms with Crippen LogP contribution in [0.25, 0.3) is 0 Å². The molecule has 1 atom stereocenters. The molecule has 0 heterocycles. The van der Waals surface area contributed by atoms with Gasteiger partial charge in [0.2, 0.25) is 0 Å². The Morgan fingerprint density at radius 3 is 2.43 bits per heavy atom. The van der Waals surface area contributed by atoms with Crippen LogP contribution in [0, 0.1) is 0 Å². The fourth-order valence-electron chi connectivity index (χ4n) is 2.62. The van der Waals surface area contributed by atoms with Crippen LogP contribution < -0.4 is 15.4 Å². The Morgan fingerprint density at radius 2 is 1.81 bits per heavy atom. The summed E-state index contributed by atoms with van der Waals surface area (Å²) in [6, 6.07) is 18.8. The first-order valence-corrected chi connectivity index (χ1v) is 7.54. The first-order valence-electron chi connectivity index (χ1n) is 7.54. The maximum absolute atomic E-state index is 6.06. The average molecular weight is 284 g/mol. The van der Waals surface area contributed by atoms with Crippen molar-refractivity contribution < 1.29 is 4.74 Å². The molecule has 0 bridgehead atoms. The Hall–Kier alpha value is -2.00. The van der Waals surface area contributed by atoms with E-state index >= 15 is 0 Å². The van der Waals surface area contributed by atoms with Crippen LogP contribution in [0.15, 0.2) is 54.6 Å². The number of nitrogens with two attached hydrogens (primary N) is 1. The predicted molar refractivity (Wildman–Crippen MR) is 88.9 cm³/mol. The van der Waals surface area contributed by atoms with Crippen LogP contribution in [0.2, 0.25) is 0 Å². The molecule has 2 N–H and O–H groups in total. The van der Waals surface area contributed by atoms with Gasteiger partial charge in [-0.2, -0.15) is 0 Å². The van der Waals surface area contributed by atoms with E-state index in [1.165, 1.54) is 11.3 Å². The standard InChI is InChI=1S/C18H24N2O/c1-3-20(16-10-6-5-7-11-16)18(14-19)15-9-8-12-17(13-15)21-4-2/h5-13,18H,3-4,14,19H2,1-2H3. The van der Waals surface area contributed by atoms with Crippen molar-refractivity contribution in [2.75, 3.05) is 24.6 Å². The molecule has 0 aliphatic rings. The number of benzene rings is 2. The second-order valence-corrected chi connectivity index (χ2v) is 4.88. The lowest BCUT2D eigenvalue weighted by atomic mass is 10.0. The number of ether oxygens (including phenoxy) is 1. The van der Waals surface area contributed by atoms with Crippen molar-refractivity contribution in [3.63, 3.8) is 0 Å². The molecule has 2 aromatic carbocycles. The third-order valence-corrected chi connectivity index (χ3v) is 3.58. The summed E-state index contributed by atoms with van der Waals surface area (Å²) in [5.74, 6) is 0.901. The first kappa shape index (κ1) is 15.4. The van der Waals surface area contributed by atoms with E-state index in [9.17, 15) is 0 Å². The minimum Gasteiger partial charge on any atom is -0.494 e. The summed E-state index contributed by atoms with van der Waals surface area (Å²) in [6.07, 6.45) is 0. The highest BCUT2D eigenvalue weighted by molar-refractivity contribution is 5.49. The first-order chi connectivity index (χ1) is 10.3. The third kappa shape index (κ3) is 3.76. The van der Waals surface area contributed by atoms with Crippen LogP contribution in [-0.4, -0.2) is 19.7 Å². The van der Waals surface area contributed by atoms with Crippen molar-refractivity contribution in [2.45, 2.75) is 19.9 Å². The van der Waals surface area contributed by atoms with Gasteiger partial charge in [0.1, 0.15) is 5.75 Å². The fourth-order valence-corrected chi connectivity index (χ4v) is 2.62. The zero-order valence-electron chi connectivity index (χ0n) is 12.8. The van der Waals surface area contributed by atoms with Crippen LogP contribution in [0.1, 0.15) is 25.5 Å². The molecular formula is C18H24N2O. The second-order valence-electron chi connectivity index (χ2n) is 4.88. The van der Waals surface area contributed by atoms with Gasteiger partial charge in [0.05, 0.1) is 12.6 Å². The average Bonchev–Trinajstić information content (AvgIpc) is 2.54. The Bertz CT molecular complexity index is 542. The van der Waals surface area contributed by atoms with E-state index in [0.717, 1.165) is 12.3 Å². The molecule has 0 saturated heterocycles. The smallest absolute Gasteiger partial charge is 0.119 e. The molecule has 2 rings (SSSR count). The summed E-state index contributed by atoms with van der Waals surface area (Å²) >= 11 is 0. The highest BCUT2D eigenvalue weighted by atomic mass is 16.5. The minimum atomic E-state index is 0.151. The third-order valence-electron chi connectivity index (χ3n) is 3.58. The van der Waals surface area contributed by atoms with E-state index in [2.05, 4.69) is 48.2 Å². The van der Waals surface area contributed by atoms with E-state index in [-0.39, 0.29) is 6.04 Å². The summed E-state index contributed by atoms with van der Waals surface area (Å²) < 4.78 is 5.60. The molecule has 0 radical (unpaired) electrons. The van der Waals surface area contributed by atoms with Crippen LogP contribution >= 0.6 is 0 Å². The van der Waals surface area contributed by atoms with Crippen LogP contribution in [-0.2, 0) is 0 Å². The molecular weight excluding hydrogens is 260 g/mol. The van der Waals surface area contributed by atoms with Gasteiger partial charge in [-0.1, -0.05) is 30.3 Å². The van der Waals surface area contributed by atoms with Crippen molar-refractivity contribution in [3.8, 4) is 5.75 Å². The molecule has 0 fully saturated rings. The molecule has 3 heteroatoms. The maximum atomic E-state index is 6.06. The molecule has 2 aromatic rings. The summed E-state index contributed by atoms with van der Waals surface area (Å²) in [5.41, 5.74) is 8.44. The summed E-state index contributed by atoms with van der Waals surface area (Å²) in [7, 11) is 0. The van der Waals surface area contributed by atoms with Crippen molar-refractivity contribution in [2.24, 2.45) is 5.73 Å². The van der Waals surface area contributed by atoms with Gasteiger partial charge in [0.15, 0.2) is 0 Å². The monoisotopic (exact) mass is 284 g/mol. The van der Waals surface area contributed by atoms with Crippen LogP contribution in [0.5, 0.6) is 5.75 Å². The highest BCUT2D eigenvalue weighted by Crippen LogP contribution is 2.28. The highest BCUT2D eigenvalue weighted by Gasteiger charge is 2.18. The van der Waals surface area contributed by atoms with E-state index in [0.29, 0.717) is 13.2 Å². The number of likely N-dealkylation sites (N-methyl/N-ethyl adjacent to an activating group) is 1. The summed E-state index contributed by atoms with van der Waals surface area (Å²) in [4.78, 5) is 2.32. The molecule has 0 amide bonds. The van der Waals surface area contributed by atoms with Gasteiger partial charge < -0.3 is 15.4 Å². The fraction of sp³-hybridized carbons (Fsp3) is 0.333. The second kappa shape index (κ2) is 7.70. The number of para-hydroxylation sites is 1. The molecule has 1 unspecified atom stereocenters. The largest absolute Gasteiger partial charge is 0.494 e. The number of hydrogen-bond acceptors (Lipinski definition) is 3. The van der Waals surface area contributed by atoms with Crippen molar-refractivity contribution in [1.29, 1.82) is 0 Å². The molecule has 0 spiro atoms. The van der Waals surface area contributed by atoms with Crippen LogP contribution in [0.3, 0.4) is 0 Å². The summed E-state index contributed by atoms with van der Waals surface area (Å²) in [6.45, 7) is 6.30. The normalized spacial score (nSPS) is 12.0. The number of rotatable bonds is 7. The van der Waals surface area contributed by atoms with Gasteiger partial charge in [-0.15, -0.1) is 0 Å². The minimum absolute atomic E-state index is 0.151. The van der Waals surface area contributed by atoms with Gasteiger partial charge in [-0.05, 0) is 43.7 Å². The molecule has 0 aliphatic heterocycles. The number of nitrogens with zero attached hydrogens (tertiary/aromatic N) is 1. The van der Waals surface area contributed by atoms with Crippen LogP contribution in [0.4, 0.5) is 5.69 Å². The van der Waals surface area contributed by atoms with Crippen molar-refractivity contribution >= 4 is 5.69 Å². The molecule has 112 valence electrons. The summed E-state index contributed by atoms with van der Waals surface area (Å²) in [5, 5.41) is 0. The van der Waals surface area contributed by atoms with E-state index in [1.54, 1.807) is 0 Å². The van der Waals surface area contributed by atoms with E-state index in [4.69, 9.17) is 10.5 Å². The van der Waals surface area contributed by atoms with Gasteiger partial charge >= 0.3 is 0 Å². The molecule has 3 nitrogen and oxygen atoms in total. The Kier molecular flexibility index (Phi) is 5.64. The zero-order chi connectivity index (χ0) is 15.1. The molecule has 0 aliphatic carbocycles. The Balaban J connectivity index is 2.31. The van der Waals surface area contributed by atoms with Gasteiger partial charge in [0.25, 0.3) is 0 Å². The molecule has 21 heavy (non-hydrogen) atoms. The zero-order valence-corrected chi connectivity index (χ0v) is 12.8. The van der Waals surface area contributed by atoms with Gasteiger partial charge in [-0.25, -0.2) is 0 Å². The lowest BCUT2D eigenvalue weighted by Gasteiger charge is -2.32. The predicted octanol–water partition coefficient (Wildman–Crippen LogP) is 3.61. The number of anilines is 1. The van der Waals surface area contributed by atoms with Crippen molar-refractivity contribution in [1.82, 2.24) is 0 Å². The number of hydrogen-bond donors (Lipinski definition) is 1. The lowest BCUT2D eigenvalue weighted by Crippen LogP contribution is -2.33. The lowest BCUT2D eigenvalue weighted by molar-refractivity contribution is 0.339. The SMILES string of the molecule is CCOc1cccc(C(CN)N(CC)c2ccccc2)c1. The van der Waals surface area contributed by atoms with Crippen molar-refractivity contribution in [3.05, 3.63) is 60.2 Å². The topological polar surface area (TPSA) is 38.5 Å². The Morgan fingerprint density at radius 1 is 1.05 bits per heavy atom. The van der Waals surface area contributed by atoms with E-state index in [1.807, 2.05) is 25.1 Å². The van der Waals surface area contributed by atoms with Gasteiger partial charge in [0, 0.05) is 18.8 Å².